The van der Waals surface area contributed by atoms with Crippen molar-refractivity contribution in [2.24, 2.45) is 0 Å². The molecule has 0 bridgehead atoms. The number of unbranched alkanes of at least 4 members (excludes halogenated alkanes) is 2. The molecule has 6 nitrogen and oxygen atoms in total. The van der Waals surface area contributed by atoms with E-state index in [1.54, 1.807) is 46.3 Å². The molecule has 0 atom stereocenters. The van der Waals surface area contributed by atoms with E-state index >= 15 is 0 Å². The molecule has 0 saturated carbocycles. The summed E-state index contributed by atoms with van der Waals surface area (Å²) in [5.41, 5.74) is 1.30. The second-order valence-corrected chi connectivity index (χ2v) is 7.75. The number of hydrogen-bond donors (Lipinski definition) is 0. The molecule has 4 aromatic rings. The van der Waals surface area contributed by atoms with Crippen molar-refractivity contribution in [1.82, 2.24) is 28.7 Å². The van der Waals surface area contributed by atoms with Crippen molar-refractivity contribution in [2.75, 3.05) is 0 Å². The zero-order valence-corrected chi connectivity index (χ0v) is 18.2. The van der Waals surface area contributed by atoms with Gasteiger partial charge in [-0.3, -0.25) is 9.36 Å². The number of benzene rings is 2. The molecular formula is C21H20F2N6S2. The summed E-state index contributed by atoms with van der Waals surface area (Å²) in [5.74, 6) is -0.639. The van der Waals surface area contributed by atoms with Crippen molar-refractivity contribution < 1.29 is 8.78 Å². The summed E-state index contributed by atoms with van der Waals surface area (Å²) in [6.45, 7) is 1.39. The van der Waals surface area contributed by atoms with Crippen LogP contribution < -0.4 is 0 Å². The van der Waals surface area contributed by atoms with Gasteiger partial charge in [-0.25, -0.2) is 28.1 Å². The minimum Gasteiger partial charge on any atom is -0.268 e. The van der Waals surface area contributed by atoms with Gasteiger partial charge in [-0.05, 0) is 80.1 Å². The largest absolute Gasteiger partial charge is 0.268 e. The monoisotopic (exact) mass is 458 g/mol. The van der Waals surface area contributed by atoms with Gasteiger partial charge in [0.1, 0.15) is 24.3 Å². The van der Waals surface area contributed by atoms with Crippen LogP contribution in [0.2, 0.25) is 0 Å². The molecule has 0 unspecified atom stereocenters. The maximum atomic E-state index is 13.6. The van der Waals surface area contributed by atoms with E-state index in [-0.39, 0.29) is 11.6 Å². The highest BCUT2D eigenvalue weighted by atomic mass is 32.1. The van der Waals surface area contributed by atoms with Crippen molar-refractivity contribution in [3.05, 3.63) is 82.4 Å². The molecule has 0 aliphatic heterocycles. The molecule has 160 valence electrons. The van der Waals surface area contributed by atoms with E-state index in [0.29, 0.717) is 34.0 Å². The summed E-state index contributed by atoms with van der Waals surface area (Å²) < 4.78 is 35.2. The summed E-state index contributed by atoms with van der Waals surface area (Å²) in [7, 11) is 0. The van der Waals surface area contributed by atoms with Gasteiger partial charge in [-0.15, -0.1) is 0 Å². The fourth-order valence-electron chi connectivity index (χ4n) is 3.44. The zero-order chi connectivity index (χ0) is 21.8. The SMILES string of the molecule is Fc1cccc(-n2c(=S)ncn2CCCCCn2cnc(=S)n2-c2cccc(F)c2)c1. The van der Waals surface area contributed by atoms with E-state index in [1.165, 1.54) is 24.3 Å². The molecule has 0 fully saturated rings. The van der Waals surface area contributed by atoms with Crippen molar-refractivity contribution in [1.29, 1.82) is 0 Å². The van der Waals surface area contributed by atoms with Crippen LogP contribution in [0.1, 0.15) is 19.3 Å². The summed E-state index contributed by atoms with van der Waals surface area (Å²) in [4.78, 5) is 8.37. The van der Waals surface area contributed by atoms with Gasteiger partial charge in [0.25, 0.3) is 0 Å². The van der Waals surface area contributed by atoms with E-state index < -0.39 is 0 Å². The predicted octanol–water partition coefficient (Wildman–Crippen LogP) is 5.27. The fourth-order valence-corrected chi connectivity index (χ4v) is 3.95. The molecule has 31 heavy (non-hydrogen) atoms. The van der Waals surface area contributed by atoms with Gasteiger partial charge in [-0.1, -0.05) is 12.1 Å². The Morgan fingerprint density at radius 1 is 0.677 bits per heavy atom. The van der Waals surface area contributed by atoms with E-state index in [4.69, 9.17) is 24.4 Å². The first kappa shape index (κ1) is 21.3. The number of hydrogen-bond acceptors (Lipinski definition) is 4. The molecule has 4 rings (SSSR count). The Morgan fingerprint density at radius 3 is 1.55 bits per heavy atom. The highest BCUT2D eigenvalue weighted by Gasteiger charge is 2.08. The topological polar surface area (TPSA) is 45.5 Å². The van der Waals surface area contributed by atoms with Crippen LogP contribution in [-0.4, -0.2) is 28.7 Å². The molecule has 2 heterocycles. The van der Waals surface area contributed by atoms with Crippen LogP contribution in [-0.2, 0) is 13.1 Å². The Balaban J connectivity index is 1.38. The molecule has 10 heteroatoms. The Kier molecular flexibility index (Phi) is 6.47. The van der Waals surface area contributed by atoms with Crippen LogP contribution in [0.4, 0.5) is 8.78 Å². The lowest BCUT2D eigenvalue weighted by Gasteiger charge is -2.13. The van der Waals surface area contributed by atoms with Crippen LogP contribution in [0.25, 0.3) is 11.4 Å². The molecule has 2 aromatic heterocycles. The number of aromatic nitrogens is 6. The summed E-state index contributed by atoms with van der Waals surface area (Å²) >= 11 is 10.6. The van der Waals surface area contributed by atoms with Crippen LogP contribution >= 0.6 is 24.4 Å². The van der Waals surface area contributed by atoms with Crippen molar-refractivity contribution >= 4 is 24.4 Å². The number of aryl methyl sites for hydroxylation is 2. The van der Waals surface area contributed by atoms with Crippen LogP contribution in [0.3, 0.4) is 0 Å². The van der Waals surface area contributed by atoms with Crippen LogP contribution in [0, 0.1) is 21.2 Å². The molecule has 0 radical (unpaired) electrons. The van der Waals surface area contributed by atoms with Crippen molar-refractivity contribution in [3.63, 3.8) is 0 Å². The fraction of sp³-hybridized carbons (Fsp3) is 0.238. The quantitative estimate of drug-likeness (QED) is 0.267. The third-order valence-electron chi connectivity index (χ3n) is 4.86. The smallest absolute Gasteiger partial charge is 0.220 e. The van der Waals surface area contributed by atoms with Gasteiger partial charge < -0.3 is 0 Å². The van der Waals surface area contributed by atoms with Gasteiger partial charge in [0, 0.05) is 13.1 Å². The van der Waals surface area contributed by atoms with Gasteiger partial charge >= 0.3 is 0 Å². The molecule has 0 aliphatic carbocycles. The average molecular weight is 459 g/mol. The van der Waals surface area contributed by atoms with Crippen LogP contribution in [0.15, 0.2) is 61.2 Å². The standard InChI is InChI=1S/C21H20F2N6S2/c22-16-6-4-8-18(12-16)28-20(30)24-14-26(28)10-2-1-3-11-27-15-25-21(31)29(27)19-9-5-7-17(23)13-19/h4-9,12-15H,1-3,10-11H2. The van der Waals surface area contributed by atoms with Gasteiger partial charge in [-0.2, -0.15) is 0 Å². The van der Waals surface area contributed by atoms with Crippen molar-refractivity contribution in [3.8, 4) is 11.4 Å². The normalized spacial score (nSPS) is 11.2. The molecule has 0 N–H and O–H groups in total. The second kappa shape index (κ2) is 9.44. The maximum Gasteiger partial charge on any atom is 0.220 e. The lowest BCUT2D eigenvalue weighted by molar-refractivity contribution is 0.464. The van der Waals surface area contributed by atoms with E-state index in [1.807, 2.05) is 9.36 Å². The van der Waals surface area contributed by atoms with Gasteiger partial charge in [0.2, 0.25) is 9.54 Å². The third-order valence-corrected chi connectivity index (χ3v) is 5.42. The molecule has 0 spiro atoms. The summed E-state index contributed by atoms with van der Waals surface area (Å²) in [5, 5.41) is 0. The van der Waals surface area contributed by atoms with E-state index in [9.17, 15) is 8.78 Å². The maximum absolute atomic E-state index is 13.6. The lowest BCUT2D eigenvalue weighted by Crippen LogP contribution is -2.12. The first-order valence-corrected chi connectivity index (χ1v) is 10.7. The first-order chi connectivity index (χ1) is 15.0. The highest BCUT2D eigenvalue weighted by molar-refractivity contribution is 7.71. The lowest BCUT2D eigenvalue weighted by atomic mass is 10.2. The van der Waals surface area contributed by atoms with Gasteiger partial charge in [0.15, 0.2) is 0 Å². The zero-order valence-electron chi connectivity index (χ0n) is 16.6. The second-order valence-electron chi connectivity index (χ2n) is 7.02. The number of rotatable bonds is 8. The molecule has 0 aliphatic rings. The molecular weight excluding hydrogens is 438 g/mol. The first-order valence-electron chi connectivity index (χ1n) is 9.84. The minimum atomic E-state index is -0.319. The highest BCUT2D eigenvalue weighted by Crippen LogP contribution is 2.13. The Hall–Kier alpha value is -2.98. The van der Waals surface area contributed by atoms with Gasteiger partial charge in [0.05, 0.1) is 11.4 Å². The summed E-state index contributed by atoms with van der Waals surface area (Å²) in [6.07, 6.45) is 6.04. The molecule has 0 amide bonds. The van der Waals surface area contributed by atoms with Crippen LogP contribution in [0.5, 0.6) is 0 Å². The Morgan fingerprint density at radius 2 is 1.13 bits per heavy atom. The third kappa shape index (κ3) is 4.86. The average Bonchev–Trinajstić information content (AvgIpc) is 3.30. The predicted molar refractivity (Wildman–Crippen MR) is 119 cm³/mol. The number of halogens is 2. The molecule has 0 saturated heterocycles. The summed E-state index contributed by atoms with van der Waals surface area (Å²) in [6, 6.07) is 12.6. The van der Waals surface area contributed by atoms with E-state index in [2.05, 4.69) is 9.97 Å². The van der Waals surface area contributed by atoms with E-state index in [0.717, 1.165) is 19.3 Å². The minimum absolute atomic E-state index is 0.319. The Labute approximate surface area is 188 Å². The number of nitrogens with zero attached hydrogens (tertiary/aromatic N) is 6. The molecule has 2 aromatic carbocycles. The van der Waals surface area contributed by atoms with Crippen molar-refractivity contribution in [2.45, 2.75) is 32.4 Å². The Bertz CT molecular complexity index is 1200.